The third-order valence-electron chi connectivity index (χ3n) is 4.03. The molecule has 0 atom stereocenters. The number of nitrogens with zero attached hydrogens (tertiary/aromatic N) is 4. The molecule has 0 saturated heterocycles. The van der Waals surface area contributed by atoms with Crippen molar-refractivity contribution in [2.45, 2.75) is 6.61 Å². The number of fused-ring (bicyclic) bond motifs is 1. The smallest absolute Gasteiger partial charge is 0.359 e. The molecule has 0 N–H and O–H groups in total. The van der Waals surface area contributed by atoms with Crippen molar-refractivity contribution >= 4 is 28.3 Å². The summed E-state index contributed by atoms with van der Waals surface area (Å²) in [4.78, 5) is 24.7. The van der Waals surface area contributed by atoms with Crippen LogP contribution in [-0.4, -0.2) is 25.9 Å². The highest BCUT2D eigenvalue weighted by Gasteiger charge is 2.18. The Morgan fingerprint density at radius 1 is 1.11 bits per heavy atom. The molecule has 0 radical (unpaired) electrons. The maximum atomic E-state index is 12.5. The second-order valence-electron chi connectivity index (χ2n) is 5.91. The van der Waals surface area contributed by atoms with E-state index in [-0.39, 0.29) is 29.6 Å². The van der Waals surface area contributed by atoms with E-state index in [4.69, 9.17) is 20.8 Å². The van der Waals surface area contributed by atoms with Crippen molar-refractivity contribution in [1.82, 2.24) is 20.0 Å². The van der Waals surface area contributed by atoms with Crippen molar-refractivity contribution in [3.63, 3.8) is 0 Å². The lowest BCUT2D eigenvalue weighted by Crippen LogP contribution is -2.23. The van der Waals surface area contributed by atoms with Gasteiger partial charge in [0.15, 0.2) is 12.3 Å². The fourth-order valence-electron chi connectivity index (χ4n) is 2.67. The molecular weight excluding hydrogens is 384 g/mol. The molecule has 8 nitrogen and oxygen atoms in total. The van der Waals surface area contributed by atoms with Gasteiger partial charge < -0.3 is 9.15 Å². The van der Waals surface area contributed by atoms with E-state index in [9.17, 15) is 9.59 Å². The number of aryl methyl sites for hydroxylation is 1. The molecule has 0 aliphatic carbocycles. The maximum absolute atomic E-state index is 12.5. The van der Waals surface area contributed by atoms with E-state index in [2.05, 4.69) is 15.3 Å². The first-order chi connectivity index (χ1) is 13.5. The molecule has 0 amide bonds. The normalized spacial score (nSPS) is 10.9. The van der Waals surface area contributed by atoms with Gasteiger partial charge in [-0.15, -0.1) is 10.2 Å². The standard InChI is InChI=1S/C19H13ClN4O4/c1-24-18(25)14-5-3-2-4-13(14)16(23-24)19(26)27-10-15-21-22-17(28-15)11-6-8-12(20)9-7-11/h2-9H,10H2,1H3. The second-order valence-corrected chi connectivity index (χ2v) is 6.34. The summed E-state index contributed by atoms with van der Waals surface area (Å²) in [5, 5.41) is 13.2. The number of halogens is 1. The highest BCUT2D eigenvalue weighted by molar-refractivity contribution is 6.30. The summed E-state index contributed by atoms with van der Waals surface area (Å²) in [6.45, 7) is -0.224. The van der Waals surface area contributed by atoms with E-state index in [1.165, 1.54) is 7.05 Å². The van der Waals surface area contributed by atoms with Gasteiger partial charge in [-0.2, -0.15) is 5.10 Å². The van der Waals surface area contributed by atoms with Crippen LogP contribution in [0.3, 0.4) is 0 Å². The number of hydrogen-bond acceptors (Lipinski definition) is 7. The van der Waals surface area contributed by atoms with Gasteiger partial charge in [0.2, 0.25) is 5.89 Å². The number of hydrogen-bond donors (Lipinski definition) is 0. The minimum atomic E-state index is -0.696. The maximum Gasteiger partial charge on any atom is 0.359 e. The van der Waals surface area contributed by atoms with E-state index in [0.29, 0.717) is 21.4 Å². The molecule has 0 fully saturated rings. The number of esters is 1. The first-order valence-electron chi connectivity index (χ1n) is 8.24. The molecule has 0 saturated carbocycles. The Hall–Kier alpha value is -3.52. The fourth-order valence-corrected chi connectivity index (χ4v) is 2.79. The molecule has 2 heterocycles. The quantitative estimate of drug-likeness (QED) is 0.489. The summed E-state index contributed by atoms with van der Waals surface area (Å²) < 4.78 is 11.9. The van der Waals surface area contributed by atoms with E-state index in [1.54, 1.807) is 48.5 Å². The van der Waals surface area contributed by atoms with Gasteiger partial charge in [-0.1, -0.05) is 29.8 Å². The monoisotopic (exact) mass is 396 g/mol. The van der Waals surface area contributed by atoms with Gasteiger partial charge in [0.25, 0.3) is 11.4 Å². The Morgan fingerprint density at radius 2 is 1.82 bits per heavy atom. The third kappa shape index (κ3) is 3.37. The summed E-state index contributed by atoms with van der Waals surface area (Å²) >= 11 is 5.86. The molecule has 2 aromatic heterocycles. The molecule has 140 valence electrons. The van der Waals surface area contributed by atoms with Crippen molar-refractivity contribution in [1.29, 1.82) is 0 Å². The molecule has 28 heavy (non-hydrogen) atoms. The molecule has 9 heteroatoms. The minimum absolute atomic E-state index is 0.0372. The molecule has 0 spiro atoms. The van der Waals surface area contributed by atoms with Crippen LogP contribution in [-0.2, 0) is 18.4 Å². The summed E-state index contributed by atoms with van der Waals surface area (Å²) in [6.07, 6.45) is 0. The van der Waals surface area contributed by atoms with Gasteiger partial charge >= 0.3 is 5.97 Å². The highest BCUT2D eigenvalue weighted by atomic mass is 35.5. The van der Waals surface area contributed by atoms with Gasteiger partial charge in [0, 0.05) is 23.0 Å². The number of ether oxygens (including phenoxy) is 1. The van der Waals surface area contributed by atoms with E-state index >= 15 is 0 Å². The largest absolute Gasteiger partial charge is 0.451 e. The Kier molecular flexibility index (Phi) is 4.62. The fraction of sp³-hybridized carbons (Fsp3) is 0.105. The molecular formula is C19H13ClN4O4. The van der Waals surface area contributed by atoms with Crippen LogP contribution < -0.4 is 5.56 Å². The van der Waals surface area contributed by atoms with Crippen LogP contribution in [0.25, 0.3) is 22.2 Å². The lowest BCUT2D eigenvalue weighted by Gasteiger charge is -2.07. The van der Waals surface area contributed by atoms with Crippen molar-refractivity contribution in [2.24, 2.45) is 7.05 Å². The minimum Gasteiger partial charge on any atom is -0.451 e. The predicted octanol–water partition coefficient (Wildman–Crippen LogP) is 2.99. The van der Waals surface area contributed by atoms with Crippen LogP contribution in [0.5, 0.6) is 0 Å². The van der Waals surface area contributed by atoms with Crippen molar-refractivity contribution in [2.75, 3.05) is 0 Å². The molecule has 0 aliphatic heterocycles. The van der Waals surface area contributed by atoms with E-state index in [1.807, 2.05) is 0 Å². The SMILES string of the molecule is Cn1nc(C(=O)OCc2nnc(-c3ccc(Cl)cc3)o2)c2ccccc2c1=O. The molecule has 0 unspecified atom stereocenters. The third-order valence-corrected chi connectivity index (χ3v) is 4.29. The average molecular weight is 397 g/mol. The molecule has 4 rings (SSSR count). The van der Waals surface area contributed by atoms with E-state index in [0.717, 1.165) is 4.68 Å². The lowest BCUT2D eigenvalue weighted by atomic mass is 10.1. The van der Waals surface area contributed by atoms with Crippen molar-refractivity contribution < 1.29 is 13.9 Å². The highest BCUT2D eigenvalue weighted by Crippen LogP contribution is 2.21. The molecule has 4 aromatic rings. The lowest BCUT2D eigenvalue weighted by molar-refractivity contribution is 0.0431. The summed E-state index contributed by atoms with van der Waals surface area (Å²) in [5.74, 6) is -0.279. The topological polar surface area (TPSA) is 100 Å². The van der Waals surface area contributed by atoms with Crippen molar-refractivity contribution in [3.05, 3.63) is 75.5 Å². The van der Waals surface area contributed by atoms with Gasteiger partial charge in [0.05, 0.1) is 5.39 Å². The zero-order valence-electron chi connectivity index (χ0n) is 14.6. The molecule has 2 aromatic carbocycles. The van der Waals surface area contributed by atoms with Gasteiger partial charge in [-0.25, -0.2) is 9.48 Å². The average Bonchev–Trinajstić information content (AvgIpc) is 3.18. The molecule has 0 bridgehead atoms. The van der Waals surface area contributed by atoms with Crippen LogP contribution in [0.1, 0.15) is 16.4 Å². The van der Waals surface area contributed by atoms with Crippen LogP contribution in [0, 0.1) is 0 Å². The van der Waals surface area contributed by atoms with Crippen molar-refractivity contribution in [3.8, 4) is 11.5 Å². The number of carbonyl (C=O) groups excluding carboxylic acids is 1. The van der Waals surface area contributed by atoms with Crippen LogP contribution >= 0.6 is 11.6 Å². The molecule has 0 aliphatic rings. The summed E-state index contributed by atoms with van der Waals surface area (Å²) in [7, 11) is 1.47. The van der Waals surface area contributed by atoms with Crippen LogP contribution in [0.4, 0.5) is 0 Å². The summed E-state index contributed by atoms with van der Waals surface area (Å²) in [6, 6.07) is 13.6. The summed E-state index contributed by atoms with van der Waals surface area (Å²) in [5.41, 5.74) is 0.437. The second kappa shape index (κ2) is 7.24. The number of benzene rings is 2. The first kappa shape index (κ1) is 17.9. The van der Waals surface area contributed by atoms with E-state index < -0.39 is 5.97 Å². The van der Waals surface area contributed by atoms with Crippen LogP contribution in [0.15, 0.2) is 57.7 Å². The van der Waals surface area contributed by atoms with Crippen LogP contribution in [0.2, 0.25) is 5.02 Å². The Morgan fingerprint density at radius 3 is 2.57 bits per heavy atom. The predicted molar refractivity (Wildman–Crippen MR) is 101 cm³/mol. The first-order valence-corrected chi connectivity index (χ1v) is 8.62. The Balaban J connectivity index is 1.54. The zero-order valence-corrected chi connectivity index (χ0v) is 15.4. The number of carbonyl (C=O) groups is 1. The van der Waals surface area contributed by atoms with Gasteiger partial charge in [-0.3, -0.25) is 4.79 Å². The Labute approximate surface area is 163 Å². The number of aromatic nitrogens is 4. The Bertz CT molecular complexity index is 1230. The zero-order chi connectivity index (χ0) is 19.7. The van der Waals surface area contributed by atoms with Gasteiger partial charge in [0.1, 0.15) is 0 Å². The number of rotatable bonds is 4. The van der Waals surface area contributed by atoms with Gasteiger partial charge in [-0.05, 0) is 30.3 Å².